The Kier molecular flexibility index (Phi) is 3.94. The number of rotatable bonds is 4. The SMILES string of the molecule is COc1ccc([C@@H](N)[C@@H](C)O)c(OC)c1. The molecular formula is C11H17NO3. The predicted molar refractivity (Wildman–Crippen MR) is 58.2 cm³/mol. The van der Waals surface area contributed by atoms with Crippen LogP contribution in [0.5, 0.6) is 11.5 Å². The molecule has 0 aliphatic carbocycles. The zero-order valence-corrected chi connectivity index (χ0v) is 9.23. The number of aliphatic hydroxyl groups excluding tert-OH is 1. The predicted octanol–water partition coefficient (Wildman–Crippen LogP) is 1.08. The molecule has 0 saturated heterocycles. The van der Waals surface area contributed by atoms with Crippen molar-refractivity contribution in [3.8, 4) is 11.5 Å². The van der Waals surface area contributed by atoms with Gasteiger partial charge in [0, 0.05) is 11.6 Å². The summed E-state index contributed by atoms with van der Waals surface area (Å²) >= 11 is 0. The van der Waals surface area contributed by atoms with Crippen molar-refractivity contribution in [2.45, 2.75) is 19.1 Å². The highest BCUT2D eigenvalue weighted by Gasteiger charge is 2.16. The molecule has 2 atom stereocenters. The first-order chi connectivity index (χ1) is 7.10. The van der Waals surface area contributed by atoms with Crippen LogP contribution >= 0.6 is 0 Å². The summed E-state index contributed by atoms with van der Waals surface area (Å²) in [6.07, 6.45) is -0.618. The fourth-order valence-corrected chi connectivity index (χ4v) is 1.35. The first kappa shape index (κ1) is 11.8. The maximum absolute atomic E-state index is 9.41. The van der Waals surface area contributed by atoms with E-state index in [1.165, 1.54) is 0 Å². The molecule has 0 aliphatic heterocycles. The second kappa shape index (κ2) is 5.00. The summed E-state index contributed by atoms with van der Waals surface area (Å²) in [6, 6.07) is 4.89. The summed E-state index contributed by atoms with van der Waals surface area (Å²) in [4.78, 5) is 0. The smallest absolute Gasteiger partial charge is 0.127 e. The van der Waals surface area contributed by atoms with Crippen LogP contribution in [0.15, 0.2) is 18.2 Å². The minimum atomic E-state index is -0.618. The van der Waals surface area contributed by atoms with Crippen molar-refractivity contribution in [2.75, 3.05) is 14.2 Å². The Morgan fingerprint density at radius 3 is 2.40 bits per heavy atom. The molecule has 0 aromatic heterocycles. The highest BCUT2D eigenvalue weighted by atomic mass is 16.5. The Balaban J connectivity index is 3.07. The molecule has 84 valence electrons. The molecule has 1 rings (SSSR count). The van der Waals surface area contributed by atoms with Crippen LogP contribution in [0.25, 0.3) is 0 Å². The summed E-state index contributed by atoms with van der Waals surface area (Å²) in [5.74, 6) is 1.33. The summed E-state index contributed by atoms with van der Waals surface area (Å²) in [5.41, 5.74) is 6.61. The summed E-state index contributed by atoms with van der Waals surface area (Å²) in [7, 11) is 3.15. The number of ether oxygens (including phenoxy) is 2. The number of nitrogens with two attached hydrogens (primary N) is 1. The first-order valence-corrected chi connectivity index (χ1v) is 4.75. The third kappa shape index (κ3) is 2.61. The maximum Gasteiger partial charge on any atom is 0.127 e. The highest BCUT2D eigenvalue weighted by Crippen LogP contribution is 2.29. The van der Waals surface area contributed by atoms with Crippen LogP contribution in [0.4, 0.5) is 0 Å². The number of benzene rings is 1. The molecule has 0 aliphatic rings. The van der Waals surface area contributed by atoms with Crippen molar-refractivity contribution in [1.82, 2.24) is 0 Å². The lowest BCUT2D eigenvalue weighted by Gasteiger charge is -2.18. The molecule has 0 bridgehead atoms. The molecule has 0 unspecified atom stereocenters. The van der Waals surface area contributed by atoms with Gasteiger partial charge in [0.2, 0.25) is 0 Å². The second-order valence-corrected chi connectivity index (χ2v) is 3.37. The van der Waals surface area contributed by atoms with Crippen LogP contribution in [0.3, 0.4) is 0 Å². The van der Waals surface area contributed by atoms with Crippen LogP contribution in [0.2, 0.25) is 0 Å². The minimum absolute atomic E-state index is 0.453. The van der Waals surface area contributed by atoms with Crippen molar-refractivity contribution in [1.29, 1.82) is 0 Å². The molecule has 0 amide bonds. The van der Waals surface area contributed by atoms with Crippen LogP contribution in [0, 0.1) is 0 Å². The molecule has 0 fully saturated rings. The number of hydrogen-bond donors (Lipinski definition) is 2. The zero-order valence-electron chi connectivity index (χ0n) is 9.23. The molecule has 0 radical (unpaired) electrons. The Morgan fingerprint density at radius 2 is 1.93 bits per heavy atom. The van der Waals surface area contributed by atoms with Crippen LogP contribution in [0.1, 0.15) is 18.5 Å². The van der Waals surface area contributed by atoms with Gasteiger partial charge in [0.1, 0.15) is 11.5 Å². The minimum Gasteiger partial charge on any atom is -0.497 e. The van der Waals surface area contributed by atoms with E-state index in [1.807, 2.05) is 0 Å². The van der Waals surface area contributed by atoms with E-state index in [9.17, 15) is 5.11 Å². The molecule has 15 heavy (non-hydrogen) atoms. The average molecular weight is 211 g/mol. The van der Waals surface area contributed by atoms with Crippen molar-refractivity contribution in [3.05, 3.63) is 23.8 Å². The van der Waals surface area contributed by atoms with Crippen molar-refractivity contribution < 1.29 is 14.6 Å². The first-order valence-electron chi connectivity index (χ1n) is 4.75. The van der Waals surface area contributed by atoms with Gasteiger partial charge in [0.25, 0.3) is 0 Å². The maximum atomic E-state index is 9.41. The Labute approximate surface area is 89.6 Å². The fourth-order valence-electron chi connectivity index (χ4n) is 1.35. The summed E-state index contributed by atoms with van der Waals surface area (Å²) < 4.78 is 10.3. The van der Waals surface area contributed by atoms with Crippen molar-refractivity contribution in [3.63, 3.8) is 0 Å². The highest BCUT2D eigenvalue weighted by molar-refractivity contribution is 5.42. The van der Waals surface area contributed by atoms with Crippen LogP contribution < -0.4 is 15.2 Å². The van der Waals surface area contributed by atoms with Crippen molar-refractivity contribution >= 4 is 0 Å². The molecule has 4 heteroatoms. The van der Waals surface area contributed by atoms with Crippen LogP contribution in [-0.4, -0.2) is 25.4 Å². The van der Waals surface area contributed by atoms with E-state index in [-0.39, 0.29) is 0 Å². The Morgan fingerprint density at radius 1 is 1.27 bits per heavy atom. The Bertz CT molecular complexity index is 326. The van der Waals surface area contributed by atoms with Crippen molar-refractivity contribution in [2.24, 2.45) is 5.73 Å². The number of methoxy groups -OCH3 is 2. The van der Waals surface area contributed by atoms with Gasteiger partial charge in [-0.2, -0.15) is 0 Å². The lowest BCUT2D eigenvalue weighted by Crippen LogP contribution is -2.23. The van der Waals surface area contributed by atoms with Gasteiger partial charge in [0.05, 0.1) is 26.4 Å². The normalized spacial score (nSPS) is 14.5. The van der Waals surface area contributed by atoms with E-state index >= 15 is 0 Å². The van der Waals surface area contributed by atoms with Gasteiger partial charge >= 0.3 is 0 Å². The Hall–Kier alpha value is -1.26. The largest absolute Gasteiger partial charge is 0.497 e. The van der Waals surface area contributed by atoms with Gasteiger partial charge in [-0.05, 0) is 19.1 Å². The lowest BCUT2D eigenvalue weighted by molar-refractivity contribution is 0.162. The molecule has 1 aromatic carbocycles. The lowest BCUT2D eigenvalue weighted by atomic mass is 10.0. The molecule has 3 N–H and O–H groups in total. The standard InChI is InChI=1S/C11H17NO3/c1-7(13)11(12)9-5-4-8(14-2)6-10(9)15-3/h4-7,11,13H,12H2,1-3H3/t7-,11+/m1/s1. The summed E-state index contributed by atoms with van der Waals surface area (Å²) in [6.45, 7) is 1.65. The van der Waals surface area contributed by atoms with E-state index in [1.54, 1.807) is 39.3 Å². The molecule has 0 saturated carbocycles. The quantitative estimate of drug-likeness (QED) is 0.782. The molecule has 4 nitrogen and oxygen atoms in total. The van der Waals surface area contributed by atoms with Gasteiger partial charge in [-0.25, -0.2) is 0 Å². The molecular weight excluding hydrogens is 194 g/mol. The van der Waals surface area contributed by atoms with E-state index < -0.39 is 12.1 Å². The third-order valence-corrected chi connectivity index (χ3v) is 2.32. The molecule has 0 spiro atoms. The zero-order chi connectivity index (χ0) is 11.4. The molecule has 0 heterocycles. The fraction of sp³-hybridized carbons (Fsp3) is 0.455. The second-order valence-electron chi connectivity index (χ2n) is 3.37. The van der Waals surface area contributed by atoms with Gasteiger partial charge in [-0.15, -0.1) is 0 Å². The van der Waals surface area contributed by atoms with Gasteiger partial charge in [-0.1, -0.05) is 0 Å². The van der Waals surface area contributed by atoms with E-state index in [2.05, 4.69) is 0 Å². The third-order valence-electron chi connectivity index (χ3n) is 2.32. The average Bonchev–Trinajstić information content (AvgIpc) is 2.27. The van der Waals surface area contributed by atoms with E-state index in [0.29, 0.717) is 11.5 Å². The topological polar surface area (TPSA) is 64.7 Å². The monoisotopic (exact) mass is 211 g/mol. The van der Waals surface area contributed by atoms with Gasteiger partial charge in [0.15, 0.2) is 0 Å². The molecule has 1 aromatic rings. The van der Waals surface area contributed by atoms with E-state index in [4.69, 9.17) is 15.2 Å². The number of aliphatic hydroxyl groups is 1. The van der Waals surface area contributed by atoms with Gasteiger partial charge in [-0.3, -0.25) is 0 Å². The van der Waals surface area contributed by atoms with E-state index in [0.717, 1.165) is 5.56 Å². The van der Waals surface area contributed by atoms with Crippen LogP contribution in [-0.2, 0) is 0 Å². The number of hydrogen-bond acceptors (Lipinski definition) is 4. The summed E-state index contributed by atoms with van der Waals surface area (Å²) in [5, 5.41) is 9.41. The van der Waals surface area contributed by atoms with Gasteiger partial charge < -0.3 is 20.3 Å².